The number of benzene rings is 1. The number of nitrogens with two attached hydrogens (primary N) is 1. The number of hydrogen-bond acceptors (Lipinski definition) is 2. The van der Waals surface area contributed by atoms with Crippen molar-refractivity contribution in [1.82, 2.24) is 0 Å². The van der Waals surface area contributed by atoms with Gasteiger partial charge < -0.3 is 10.5 Å². The van der Waals surface area contributed by atoms with E-state index in [4.69, 9.17) is 10.5 Å². The van der Waals surface area contributed by atoms with Crippen molar-refractivity contribution in [2.24, 2.45) is 17.6 Å². The standard InChI is InChI=1S/C14H18FNO/c15-11-3-4-14(17-8-9-1-2-9)13(6-11)12-5-10(12)7-16/h3-4,6,9-10,12H,1-2,5,7-8,16H2/t10-,12-/m1/s1. The zero-order valence-electron chi connectivity index (χ0n) is 9.86. The SMILES string of the molecule is NC[C@H]1C[C@H]1c1cc(F)ccc1OCC1CC1. The summed E-state index contributed by atoms with van der Waals surface area (Å²) in [6, 6.07) is 4.85. The normalized spacial score (nSPS) is 26.9. The van der Waals surface area contributed by atoms with Gasteiger partial charge in [0.15, 0.2) is 0 Å². The zero-order valence-corrected chi connectivity index (χ0v) is 9.86. The van der Waals surface area contributed by atoms with Crippen LogP contribution >= 0.6 is 0 Å². The molecule has 17 heavy (non-hydrogen) atoms. The molecule has 0 bridgehead atoms. The lowest BCUT2D eigenvalue weighted by molar-refractivity contribution is 0.296. The number of ether oxygens (including phenoxy) is 1. The molecular weight excluding hydrogens is 217 g/mol. The molecule has 2 aliphatic rings. The highest BCUT2D eigenvalue weighted by molar-refractivity contribution is 5.40. The van der Waals surface area contributed by atoms with Gasteiger partial charge in [-0.05, 0) is 61.8 Å². The van der Waals surface area contributed by atoms with Gasteiger partial charge in [0, 0.05) is 5.56 Å². The van der Waals surface area contributed by atoms with Crippen molar-refractivity contribution < 1.29 is 9.13 Å². The first-order valence-electron chi connectivity index (χ1n) is 6.40. The summed E-state index contributed by atoms with van der Waals surface area (Å²) in [6.07, 6.45) is 3.61. The van der Waals surface area contributed by atoms with Crippen LogP contribution in [0.2, 0.25) is 0 Å². The van der Waals surface area contributed by atoms with E-state index in [0.29, 0.717) is 18.4 Å². The maximum absolute atomic E-state index is 13.3. The van der Waals surface area contributed by atoms with E-state index in [2.05, 4.69) is 0 Å². The van der Waals surface area contributed by atoms with E-state index < -0.39 is 0 Å². The lowest BCUT2D eigenvalue weighted by Gasteiger charge is -2.11. The van der Waals surface area contributed by atoms with Crippen molar-refractivity contribution in [1.29, 1.82) is 0 Å². The fourth-order valence-corrected chi connectivity index (χ4v) is 2.32. The molecule has 2 aliphatic carbocycles. The maximum Gasteiger partial charge on any atom is 0.123 e. The molecule has 0 spiro atoms. The van der Waals surface area contributed by atoms with Crippen LogP contribution in [0.3, 0.4) is 0 Å². The van der Waals surface area contributed by atoms with Gasteiger partial charge in [-0.15, -0.1) is 0 Å². The van der Waals surface area contributed by atoms with Crippen LogP contribution in [0.4, 0.5) is 4.39 Å². The van der Waals surface area contributed by atoms with Crippen LogP contribution < -0.4 is 10.5 Å². The molecule has 0 saturated heterocycles. The fraction of sp³-hybridized carbons (Fsp3) is 0.571. The third-order valence-electron chi connectivity index (χ3n) is 3.77. The topological polar surface area (TPSA) is 35.2 Å². The maximum atomic E-state index is 13.3. The molecule has 92 valence electrons. The largest absolute Gasteiger partial charge is 0.493 e. The first-order valence-corrected chi connectivity index (χ1v) is 6.40. The Morgan fingerprint density at radius 2 is 2.18 bits per heavy atom. The molecule has 0 unspecified atom stereocenters. The third-order valence-corrected chi connectivity index (χ3v) is 3.77. The lowest BCUT2D eigenvalue weighted by Crippen LogP contribution is -2.05. The first-order chi connectivity index (χ1) is 8.28. The Balaban J connectivity index is 1.75. The van der Waals surface area contributed by atoms with Gasteiger partial charge in [0.05, 0.1) is 6.61 Å². The number of halogens is 1. The summed E-state index contributed by atoms with van der Waals surface area (Å²) < 4.78 is 19.1. The molecule has 2 N–H and O–H groups in total. The van der Waals surface area contributed by atoms with Crippen LogP contribution in [0.1, 0.15) is 30.7 Å². The van der Waals surface area contributed by atoms with E-state index in [1.165, 1.54) is 18.9 Å². The smallest absolute Gasteiger partial charge is 0.123 e. The summed E-state index contributed by atoms with van der Waals surface area (Å²) in [5.41, 5.74) is 6.66. The Hall–Kier alpha value is -1.09. The molecule has 2 nitrogen and oxygen atoms in total. The van der Waals surface area contributed by atoms with Crippen molar-refractivity contribution in [3.05, 3.63) is 29.6 Å². The molecule has 2 atom stereocenters. The summed E-state index contributed by atoms with van der Waals surface area (Å²) in [4.78, 5) is 0. The summed E-state index contributed by atoms with van der Waals surface area (Å²) in [7, 11) is 0. The molecule has 0 amide bonds. The zero-order chi connectivity index (χ0) is 11.8. The van der Waals surface area contributed by atoms with Crippen LogP contribution in [0, 0.1) is 17.7 Å². The molecule has 0 aliphatic heterocycles. The molecule has 0 radical (unpaired) electrons. The average molecular weight is 235 g/mol. The van der Waals surface area contributed by atoms with Crippen LogP contribution in [0.25, 0.3) is 0 Å². The average Bonchev–Trinajstić information content (AvgIpc) is 3.21. The highest BCUT2D eigenvalue weighted by Crippen LogP contribution is 2.50. The fourth-order valence-electron chi connectivity index (χ4n) is 2.32. The van der Waals surface area contributed by atoms with E-state index in [1.807, 2.05) is 0 Å². The molecular formula is C14H18FNO. The molecule has 0 heterocycles. The minimum absolute atomic E-state index is 0.179. The lowest BCUT2D eigenvalue weighted by atomic mass is 10.1. The Morgan fingerprint density at radius 1 is 1.35 bits per heavy atom. The molecule has 2 fully saturated rings. The van der Waals surface area contributed by atoms with Crippen LogP contribution in [0.15, 0.2) is 18.2 Å². The van der Waals surface area contributed by atoms with Crippen LogP contribution in [0.5, 0.6) is 5.75 Å². The minimum atomic E-state index is -0.179. The summed E-state index contributed by atoms with van der Waals surface area (Å²) in [5.74, 6) is 2.32. The molecule has 2 saturated carbocycles. The quantitative estimate of drug-likeness (QED) is 0.851. The van der Waals surface area contributed by atoms with Gasteiger partial charge in [-0.25, -0.2) is 4.39 Å². The second-order valence-corrected chi connectivity index (χ2v) is 5.27. The number of hydrogen-bond donors (Lipinski definition) is 1. The van der Waals surface area contributed by atoms with Gasteiger partial charge in [-0.2, -0.15) is 0 Å². The van der Waals surface area contributed by atoms with E-state index in [0.717, 1.165) is 30.3 Å². The van der Waals surface area contributed by atoms with E-state index >= 15 is 0 Å². The van der Waals surface area contributed by atoms with Crippen molar-refractivity contribution in [2.45, 2.75) is 25.2 Å². The third kappa shape index (κ3) is 2.44. The van der Waals surface area contributed by atoms with E-state index in [-0.39, 0.29) is 5.82 Å². The Bertz CT molecular complexity index is 417. The minimum Gasteiger partial charge on any atom is -0.493 e. The second kappa shape index (κ2) is 4.30. The Labute approximate surface area is 101 Å². The van der Waals surface area contributed by atoms with Crippen LogP contribution in [-0.4, -0.2) is 13.2 Å². The molecule has 0 aromatic heterocycles. The highest BCUT2D eigenvalue weighted by atomic mass is 19.1. The van der Waals surface area contributed by atoms with Crippen molar-refractivity contribution in [2.75, 3.05) is 13.2 Å². The summed E-state index contributed by atoms with van der Waals surface area (Å²) >= 11 is 0. The van der Waals surface area contributed by atoms with Crippen molar-refractivity contribution >= 4 is 0 Å². The van der Waals surface area contributed by atoms with Gasteiger partial charge in [0.2, 0.25) is 0 Å². The Morgan fingerprint density at radius 3 is 2.82 bits per heavy atom. The monoisotopic (exact) mass is 235 g/mol. The summed E-state index contributed by atoms with van der Waals surface area (Å²) in [6.45, 7) is 1.46. The first kappa shape index (κ1) is 11.0. The van der Waals surface area contributed by atoms with E-state index in [1.54, 1.807) is 12.1 Å². The predicted molar refractivity (Wildman–Crippen MR) is 64.5 cm³/mol. The van der Waals surface area contributed by atoms with Gasteiger partial charge in [0.1, 0.15) is 11.6 Å². The van der Waals surface area contributed by atoms with Gasteiger partial charge in [0.25, 0.3) is 0 Å². The highest BCUT2D eigenvalue weighted by Gasteiger charge is 2.39. The molecule has 3 rings (SSSR count). The predicted octanol–water partition coefficient (Wildman–Crippen LogP) is 2.68. The second-order valence-electron chi connectivity index (χ2n) is 5.27. The van der Waals surface area contributed by atoms with Crippen molar-refractivity contribution in [3.63, 3.8) is 0 Å². The molecule has 3 heteroatoms. The Kier molecular flexibility index (Phi) is 2.79. The summed E-state index contributed by atoms with van der Waals surface area (Å²) in [5, 5.41) is 0. The molecule has 1 aromatic carbocycles. The number of rotatable bonds is 5. The van der Waals surface area contributed by atoms with Gasteiger partial charge in [-0.3, -0.25) is 0 Å². The van der Waals surface area contributed by atoms with Gasteiger partial charge in [-0.1, -0.05) is 0 Å². The van der Waals surface area contributed by atoms with Gasteiger partial charge >= 0.3 is 0 Å². The van der Waals surface area contributed by atoms with Crippen LogP contribution in [-0.2, 0) is 0 Å². The van der Waals surface area contributed by atoms with Crippen molar-refractivity contribution in [3.8, 4) is 5.75 Å². The molecule has 1 aromatic rings. The van der Waals surface area contributed by atoms with E-state index in [9.17, 15) is 4.39 Å².